The van der Waals surface area contributed by atoms with Crippen LogP contribution < -0.4 is 10.6 Å². The molecule has 2 amide bonds. The molecule has 158 valence electrons. The highest BCUT2D eigenvalue weighted by Crippen LogP contribution is 2.38. The van der Waals surface area contributed by atoms with Crippen LogP contribution in [0, 0.1) is 10.1 Å². The molecule has 2 heterocycles. The van der Waals surface area contributed by atoms with Gasteiger partial charge in [0.1, 0.15) is 5.00 Å². The number of ether oxygens (including phenoxy) is 1. The van der Waals surface area contributed by atoms with E-state index >= 15 is 0 Å². The van der Waals surface area contributed by atoms with Gasteiger partial charge < -0.3 is 15.4 Å². The van der Waals surface area contributed by atoms with Crippen molar-refractivity contribution in [2.24, 2.45) is 0 Å². The van der Waals surface area contributed by atoms with Gasteiger partial charge in [0.25, 0.3) is 17.5 Å². The summed E-state index contributed by atoms with van der Waals surface area (Å²) in [6, 6.07) is 5.42. The molecule has 1 aliphatic heterocycles. The molecule has 4 rings (SSSR count). The van der Waals surface area contributed by atoms with E-state index in [1.54, 1.807) is 0 Å². The van der Waals surface area contributed by atoms with Gasteiger partial charge in [-0.1, -0.05) is 0 Å². The number of benzene rings is 1. The number of carbonyl (C=O) groups excluding carboxylic acids is 2. The molecule has 0 bridgehead atoms. The summed E-state index contributed by atoms with van der Waals surface area (Å²) in [5.41, 5.74) is 1.79. The van der Waals surface area contributed by atoms with Crippen LogP contribution in [-0.4, -0.2) is 36.0 Å². The third-order valence-corrected chi connectivity index (χ3v) is 6.69. The van der Waals surface area contributed by atoms with Crippen LogP contribution in [0.2, 0.25) is 0 Å². The van der Waals surface area contributed by atoms with E-state index in [0.29, 0.717) is 22.7 Å². The highest BCUT2D eigenvalue weighted by Gasteiger charge is 2.27. The summed E-state index contributed by atoms with van der Waals surface area (Å²) >= 11 is 1.45. The molecular formula is C21H23N3O5S. The first-order chi connectivity index (χ1) is 14.5. The summed E-state index contributed by atoms with van der Waals surface area (Å²) in [7, 11) is 0. The van der Waals surface area contributed by atoms with Gasteiger partial charge in [-0.2, -0.15) is 0 Å². The number of nitro benzene ring substituents is 1. The van der Waals surface area contributed by atoms with Crippen LogP contribution in [0.3, 0.4) is 0 Å². The minimum atomic E-state index is -0.508. The van der Waals surface area contributed by atoms with Gasteiger partial charge >= 0.3 is 0 Å². The number of thiophene rings is 1. The number of nitrogens with one attached hydrogen (secondary N) is 2. The number of amides is 2. The second-order valence-corrected chi connectivity index (χ2v) is 8.62. The molecule has 1 aliphatic carbocycles. The predicted molar refractivity (Wildman–Crippen MR) is 113 cm³/mol. The molecule has 1 saturated heterocycles. The fraction of sp³-hybridized carbons (Fsp3) is 0.429. The van der Waals surface area contributed by atoms with Crippen molar-refractivity contribution in [3.05, 3.63) is 55.9 Å². The SMILES string of the molecule is O=C(Nc1sc2c(c1C(=O)NC[C@H]1CCCO1)CCCC2)c1ccc([N+](=O)[O-])cc1. The van der Waals surface area contributed by atoms with E-state index in [1.807, 2.05) is 0 Å². The van der Waals surface area contributed by atoms with Crippen molar-refractivity contribution in [2.45, 2.75) is 44.6 Å². The zero-order valence-electron chi connectivity index (χ0n) is 16.4. The summed E-state index contributed by atoms with van der Waals surface area (Å²) in [4.78, 5) is 37.2. The van der Waals surface area contributed by atoms with E-state index in [2.05, 4.69) is 10.6 Å². The smallest absolute Gasteiger partial charge is 0.269 e. The van der Waals surface area contributed by atoms with E-state index in [1.165, 1.54) is 35.6 Å². The molecule has 1 atom stereocenters. The van der Waals surface area contributed by atoms with Gasteiger partial charge in [0.2, 0.25) is 0 Å². The lowest BCUT2D eigenvalue weighted by atomic mass is 9.95. The number of rotatable bonds is 6. The third-order valence-electron chi connectivity index (χ3n) is 5.48. The average Bonchev–Trinajstić information content (AvgIpc) is 3.39. The van der Waals surface area contributed by atoms with Gasteiger partial charge in [0, 0.05) is 35.7 Å². The summed E-state index contributed by atoms with van der Waals surface area (Å²) in [5, 5.41) is 17.2. The summed E-state index contributed by atoms with van der Waals surface area (Å²) in [6.45, 7) is 1.18. The molecule has 2 aliphatic rings. The van der Waals surface area contributed by atoms with Gasteiger partial charge in [0.05, 0.1) is 16.6 Å². The first-order valence-corrected chi connectivity index (χ1v) is 10.9. The number of carbonyl (C=O) groups is 2. The Morgan fingerprint density at radius 2 is 1.90 bits per heavy atom. The zero-order chi connectivity index (χ0) is 21.1. The van der Waals surface area contributed by atoms with Crippen molar-refractivity contribution >= 4 is 33.8 Å². The standard InChI is InChI=1S/C21H23N3O5S/c25-19(13-7-9-14(10-8-13)24(27)28)23-21-18(16-5-1-2-6-17(16)30-21)20(26)22-12-15-4-3-11-29-15/h7-10,15H,1-6,11-12H2,(H,22,26)(H,23,25)/t15-/m1/s1. The van der Waals surface area contributed by atoms with E-state index in [9.17, 15) is 19.7 Å². The minimum Gasteiger partial charge on any atom is -0.376 e. The van der Waals surface area contributed by atoms with Crippen LogP contribution in [0.1, 0.15) is 56.8 Å². The van der Waals surface area contributed by atoms with Crippen LogP contribution in [0.5, 0.6) is 0 Å². The van der Waals surface area contributed by atoms with E-state index < -0.39 is 10.8 Å². The van der Waals surface area contributed by atoms with Crippen molar-refractivity contribution in [3.8, 4) is 0 Å². The Balaban J connectivity index is 1.54. The Kier molecular flexibility index (Phi) is 6.10. The molecule has 2 N–H and O–H groups in total. The van der Waals surface area contributed by atoms with Gasteiger partial charge in [-0.05, 0) is 56.2 Å². The highest BCUT2D eigenvalue weighted by molar-refractivity contribution is 7.17. The normalized spacial score (nSPS) is 17.9. The van der Waals surface area contributed by atoms with Gasteiger partial charge in [-0.15, -0.1) is 11.3 Å². The lowest BCUT2D eigenvalue weighted by Crippen LogP contribution is -2.32. The quantitative estimate of drug-likeness (QED) is 0.537. The molecule has 9 heteroatoms. The first-order valence-electron chi connectivity index (χ1n) is 10.1. The molecule has 2 aromatic rings. The number of hydrogen-bond donors (Lipinski definition) is 2. The Labute approximate surface area is 177 Å². The van der Waals surface area contributed by atoms with Gasteiger partial charge in [-0.25, -0.2) is 0 Å². The van der Waals surface area contributed by atoms with Crippen molar-refractivity contribution in [1.82, 2.24) is 5.32 Å². The molecule has 0 saturated carbocycles. The number of nitro groups is 1. The second kappa shape index (κ2) is 8.93. The van der Waals surface area contributed by atoms with E-state index in [-0.39, 0.29) is 17.7 Å². The lowest BCUT2D eigenvalue weighted by molar-refractivity contribution is -0.384. The number of nitrogens with zero attached hydrogens (tertiary/aromatic N) is 1. The van der Waals surface area contributed by atoms with Crippen LogP contribution in [0.4, 0.5) is 10.7 Å². The second-order valence-electron chi connectivity index (χ2n) is 7.52. The number of fused-ring (bicyclic) bond motifs is 1. The summed E-state index contributed by atoms with van der Waals surface area (Å²) in [6.07, 6.45) is 5.80. The Morgan fingerprint density at radius 3 is 2.60 bits per heavy atom. The van der Waals surface area contributed by atoms with Crippen LogP contribution >= 0.6 is 11.3 Å². The molecule has 1 fully saturated rings. The van der Waals surface area contributed by atoms with Gasteiger partial charge in [-0.3, -0.25) is 19.7 Å². The van der Waals surface area contributed by atoms with Crippen LogP contribution in [-0.2, 0) is 17.6 Å². The van der Waals surface area contributed by atoms with Crippen LogP contribution in [0.25, 0.3) is 0 Å². The Hall–Kier alpha value is -2.78. The monoisotopic (exact) mass is 429 g/mol. The number of anilines is 1. The number of non-ortho nitro benzene ring substituents is 1. The predicted octanol–water partition coefficient (Wildman–Crippen LogP) is 3.70. The largest absolute Gasteiger partial charge is 0.376 e. The maximum Gasteiger partial charge on any atom is 0.269 e. The average molecular weight is 429 g/mol. The molecule has 1 aromatic carbocycles. The molecule has 8 nitrogen and oxygen atoms in total. The highest BCUT2D eigenvalue weighted by atomic mass is 32.1. The third kappa shape index (κ3) is 4.36. The van der Waals surface area contributed by atoms with Crippen molar-refractivity contribution in [1.29, 1.82) is 0 Å². The van der Waals surface area contributed by atoms with Crippen molar-refractivity contribution in [3.63, 3.8) is 0 Å². The first kappa shape index (κ1) is 20.5. The summed E-state index contributed by atoms with van der Waals surface area (Å²) in [5.74, 6) is -0.583. The maximum absolute atomic E-state index is 13.0. The number of aryl methyl sites for hydroxylation is 1. The summed E-state index contributed by atoms with van der Waals surface area (Å²) < 4.78 is 5.58. The maximum atomic E-state index is 13.0. The fourth-order valence-electron chi connectivity index (χ4n) is 3.90. The zero-order valence-corrected chi connectivity index (χ0v) is 17.3. The molecule has 0 spiro atoms. The lowest BCUT2D eigenvalue weighted by Gasteiger charge is -2.15. The topological polar surface area (TPSA) is 111 Å². The molecule has 30 heavy (non-hydrogen) atoms. The Morgan fingerprint density at radius 1 is 1.13 bits per heavy atom. The van der Waals surface area contributed by atoms with Crippen molar-refractivity contribution in [2.75, 3.05) is 18.5 Å². The molecular weight excluding hydrogens is 406 g/mol. The number of hydrogen-bond acceptors (Lipinski definition) is 6. The van der Waals surface area contributed by atoms with Gasteiger partial charge in [0.15, 0.2) is 0 Å². The van der Waals surface area contributed by atoms with Crippen LogP contribution in [0.15, 0.2) is 24.3 Å². The molecule has 1 aromatic heterocycles. The minimum absolute atomic E-state index is 0.0431. The van der Waals surface area contributed by atoms with E-state index in [4.69, 9.17) is 4.74 Å². The van der Waals surface area contributed by atoms with E-state index in [0.717, 1.165) is 55.6 Å². The molecule has 0 radical (unpaired) electrons. The fourth-order valence-corrected chi connectivity index (χ4v) is 5.19. The molecule has 0 unspecified atom stereocenters. The Bertz CT molecular complexity index is 964. The van der Waals surface area contributed by atoms with Crippen molar-refractivity contribution < 1.29 is 19.2 Å².